The lowest BCUT2D eigenvalue weighted by molar-refractivity contribution is -0.124. The first-order valence-electron chi connectivity index (χ1n) is 9.73. The van der Waals surface area contributed by atoms with Gasteiger partial charge in [0.05, 0.1) is 13.1 Å². The summed E-state index contributed by atoms with van der Waals surface area (Å²) in [5, 5.41) is 9.58. The normalized spacial score (nSPS) is 16.2. The molecular formula is C21H29IN4O2S. The summed E-state index contributed by atoms with van der Waals surface area (Å²) in [6, 6.07) is 12.1. The molecule has 1 aliphatic rings. The van der Waals surface area contributed by atoms with Crippen molar-refractivity contribution in [1.82, 2.24) is 10.6 Å². The second-order valence-electron chi connectivity index (χ2n) is 6.75. The van der Waals surface area contributed by atoms with Gasteiger partial charge in [-0.15, -0.1) is 35.3 Å². The van der Waals surface area contributed by atoms with Gasteiger partial charge in [0.15, 0.2) is 5.96 Å². The van der Waals surface area contributed by atoms with Crippen molar-refractivity contribution >= 4 is 52.9 Å². The van der Waals surface area contributed by atoms with Gasteiger partial charge < -0.3 is 20.7 Å². The summed E-state index contributed by atoms with van der Waals surface area (Å²) in [5.41, 5.74) is 1.81. The maximum Gasteiger partial charge on any atom is 0.253 e. The molecule has 158 valence electrons. The minimum atomic E-state index is -0.327. The summed E-state index contributed by atoms with van der Waals surface area (Å²) in [7, 11) is 0. The minimum Gasteiger partial charge on any atom is -0.368 e. The molecule has 8 heteroatoms. The van der Waals surface area contributed by atoms with Crippen LogP contribution in [0.5, 0.6) is 0 Å². The van der Waals surface area contributed by atoms with Crippen molar-refractivity contribution in [2.45, 2.75) is 45.9 Å². The molecule has 3 rings (SSSR count). The summed E-state index contributed by atoms with van der Waals surface area (Å²) in [5.74, 6) is 0.710. The molecule has 0 spiro atoms. The molecule has 6 nitrogen and oxygen atoms in total. The molecule has 1 atom stereocenters. The Labute approximate surface area is 193 Å². The first-order chi connectivity index (χ1) is 13.6. The number of nitrogens with one attached hydrogen (secondary N) is 3. The van der Waals surface area contributed by atoms with Crippen molar-refractivity contribution in [3.05, 3.63) is 51.7 Å². The number of nitrogens with zero attached hydrogens (tertiary/aromatic N) is 1. The van der Waals surface area contributed by atoms with Crippen molar-refractivity contribution in [3.8, 4) is 0 Å². The summed E-state index contributed by atoms with van der Waals surface area (Å²) >= 11 is 1.78. The molecule has 2 heterocycles. The van der Waals surface area contributed by atoms with Gasteiger partial charge in [0.1, 0.15) is 6.10 Å². The Balaban J connectivity index is 0.00000300. The van der Waals surface area contributed by atoms with Crippen LogP contribution in [0.1, 0.15) is 35.1 Å². The Bertz CT molecular complexity index is 819. The van der Waals surface area contributed by atoms with Gasteiger partial charge in [-0.25, -0.2) is 4.99 Å². The molecule has 0 bridgehead atoms. The Kier molecular flexibility index (Phi) is 9.89. The van der Waals surface area contributed by atoms with E-state index in [0.717, 1.165) is 43.1 Å². The van der Waals surface area contributed by atoms with Crippen molar-refractivity contribution in [2.75, 3.05) is 18.5 Å². The van der Waals surface area contributed by atoms with Gasteiger partial charge in [0, 0.05) is 28.6 Å². The van der Waals surface area contributed by atoms with E-state index in [0.29, 0.717) is 13.2 Å². The number of hydrogen-bond donors (Lipinski definition) is 3. The number of hydrogen-bond acceptors (Lipinski definition) is 4. The third kappa shape index (κ3) is 7.60. The highest BCUT2D eigenvalue weighted by molar-refractivity contribution is 14.0. The van der Waals surface area contributed by atoms with Gasteiger partial charge in [0.25, 0.3) is 5.91 Å². The second-order valence-corrected chi connectivity index (χ2v) is 8.12. The van der Waals surface area contributed by atoms with E-state index in [1.54, 1.807) is 11.3 Å². The zero-order chi connectivity index (χ0) is 19.8. The fourth-order valence-electron chi connectivity index (χ4n) is 3.02. The molecule has 0 radical (unpaired) electrons. The van der Waals surface area contributed by atoms with E-state index in [4.69, 9.17) is 4.74 Å². The molecule has 1 aromatic heterocycles. The number of benzene rings is 1. The van der Waals surface area contributed by atoms with Crippen LogP contribution in [0.2, 0.25) is 0 Å². The minimum absolute atomic E-state index is 0. The van der Waals surface area contributed by atoms with Crippen molar-refractivity contribution in [1.29, 1.82) is 0 Å². The van der Waals surface area contributed by atoms with Crippen molar-refractivity contribution in [3.63, 3.8) is 0 Å². The van der Waals surface area contributed by atoms with Gasteiger partial charge in [-0.1, -0.05) is 12.1 Å². The molecule has 29 heavy (non-hydrogen) atoms. The lowest BCUT2D eigenvalue weighted by Gasteiger charge is -2.12. The number of ether oxygens (including phenoxy) is 1. The van der Waals surface area contributed by atoms with Crippen LogP contribution >= 0.6 is 35.3 Å². The summed E-state index contributed by atoms with van der Waals surface area (Å²) in [6.45, 7) is 6.90. The zero-order valence-corrected chi connectivity index (χ0v) is 20.0. The van der Waals surface area contributed by atoms with E-state index in [1.165, 1.54) is 9.75 Å². The van der Waals surface area contributed by atoms with Gasteiger partial charge in [0.2, 0.25) is 0 Å². The SMILES string of the molecule is CCNC(=NCc1cccc(NC(=O)C2CCCO2)c1)NCc1ccc(C)s1.I. The second kappa shape index (κ2) is 12.1. The Morgan fingerprint density at radius 2 is 2.14 bits per heavy atom. The van der Waals surface area contributed by atoms with Gasteiger partial charge in [-0.3, -0.25) is 4.79 Å². The fraction of sp³-hybridized carbons (Fsp3) is 0.429. The average Bonchev–Trinajstić information content (AvgIpc) is 3.36. The van der Waals surface area contributed by atoms with E-state index >= 15 is 0 Å². The van der Waals surface area contributed by atoms with Crippen LogP contribution in [0.15, 0.2) is 41.4 Å². The van der Waals surface area contributed by atoms with Crippen LogP contribution in [-0.2, 0) is 22.6 Å². The number of anilines is 1. The quantitative estimate of drug-likeness (QED) is 0.288. The third-order valence-electron chi connectivity index (χ3n) is 4.41. The third-order valence-corrected chi connectivity index (χ3v) is 5.41. The Morgan fingerprint density at radius 3 is 2.83 bits per heavy atom. The van der Waals surface area contributed by atoms with Crippen LogP contribution in [0, 0.1) is 6.92 Å². The van der Waals surface area contributed by atoms with E-state index in [9.17, 15) is 4.79 Å². The molecule has 0 saturated carbocycles. The molecule has 1 aliphatic heterocycles. The Hall–Kier alpha value is -1.65. The number of aliphatic imine (C=N–C) groups is 1. The molecular weight excluding hydrogens is 499 g/mol. The highest BCUT2D eigenvalue weighted by atomic mass is 127. The van der Waals surface area contributed by atoms with E-state index in [1.807, 2.05) is 31.2 Å². The van der Waals surface area contributed by atoms with Crippen LogP contribution in [0.4, 0.5) is 5.69 Å². The molecule has 1 saturated heterocycles. The van der Waals surface area contributed by atoms with Gasteiger partial charge >= 0.3 is 0 Å². The molecule has 0 aliphatic carbocycles. The van der Waals surface area contributed by atoms with Gasteiger partial charge in [-0.05, 0) is 56.5 Å². The number of carbonyl (C=O) groups is 1. The summed E-state index contributed by atoms with van der Waals surface area (Å²) in [4.78, 5) is 19.5. The zero-order valence-electron chi connectivity index (χ0n) is 16.9. The van der Waals surface area contributed by atoms with E-state index in [2.05, 4.69) is 40.0 Å². The number of carbonyl (C=O) groups excluding carboxylic acids is 1. The first-order valence-corrected chi connectivity index (χ1v) is 10.5. The van der Waals surface area contributed by atoms with Crippen molar-refractivity contribution in [2.24, 2.45) is 4.99 Å². The molecule has 1 fully saturated rings. The fourth-order valence-corrected chi connectivity index (χ4v) is 3.85. The molecule has 3 N–H and O–H groups in total. The maximum absolute atomic E-state index is 12.2. The highest BCUT2D eigenvalue weighted by Crippen LogP contribution is 2.17. The topological polar surface area (TPSA) is 74.8 Å². The van der Waals surface area contributed by atoms with Crippen LogP contribution in [-0.4, -0.2) is 31.1 Å². The number of halogens is 1. The van der Waals surface area contributed by atoms with Crippen LogP contribution in [0.3, 0.4) is 0 Å². The van der Waals surface area contributed by atoms with E-state index in [-0.39, 0.29) is 36.0 Å². The maximum atomic E-state index is 12.2. The predicted molar refractivity (Wildman–Crippen MR) is 130 cm³/mol. The average molecular weight is 528 g/mol. The lowest BCUT2D eigenvalue weighted by atomic mass is 10.2. The Morgan fingerprint density at radius 1 is 1.28 bits per heavy atom. The number of aryl methyl sites for hydroxylation is 1. The smallest absolute Gasteiger partial charge is 0.253 e. The predicted octanol–water partition coefficient (Wildman–Crippen LogP) is 4.05. The van der Waals surface area contributed by atoms with Crippen LogP contribution < -0.4 is 16.0 Å². The largest absolute Gasteiger partial charge is 0.368 e. The standard InChI is InChI=1S/C21H28N4O2S.HI/c1-3-22-21(24-14-18-10-9-15(2)28-18)23-13-16-6-4-7-17(12-16)25-20(26)19-8-5-11-27-19;/h4,6-7,9-10,12,19H,3,5,8,11,13-14H2,1-2H3,(H,25,26)(H2,22,23,24);1H. The van der Waals surface area contributed by atoms with Crippen LogP contribution in [0.25, 0.3) is 0 Å². The molecule has 2 aromatic rings. The molecule has 1 unspecified atom stereocenters. The van der Waals surface area contributed by atoms with E-state index < -0.39 is 0 Å². The molecule has 1 amide bonds. The summed E-state index contributed by atoms with van der Waals surface area (Å²) < 4.78 is 5.44. The number of guanidine groups is 1. The molecule has 1 aromatic carbocycles. The number of thiophene rings is 1. The lowest BCUT2D eigenvalue weighted by Crippen LogP contribution is -2.36. The summed E-state index contributed by atoms with van der Waals surface area (Å²) in [6.07, 6.45) is 1.40. The highest BCUT2D eigenvalue weighted by Gasteiger charge is 2.23. The first kappa shape index (κ1) is 23.6. The number of rotatable bonds is 7. The van der Waals surface area contributed by atoms with Gasteiger partial charge in [-0.2, -0.15) is 0 Å². The van der Waals surface area contributed by atoms with Crippen molar-refractivity contribution < 1.29 is 9.53 Å². The monoisotopic (exact) mass is 528 g/mol. The number of amides is 1.